The van der Waals surface area contributed by atoms with Crippen LogP contribution in [0.3, 0.4) is 0 Å². The molecule has 0 aliphatic rings. The average Bonchev–Trinajstić information content (AvgIpc) is 2.68. The van der Waals surface area contributed by atoms with Crippen molar-refractivity contribution in [2.24, 2.45) is 0 Å². The van der Waals surface area contributed by atoms with Crippen molar-refractivity contribution in [3.63, 3.8) is 0 Å². The second-order valence-corrected chi connectivity index (χ2v) is 4.16. The molecule has 3 nitrogen and oxygen atoms in total. The number of aryl methyl sites for hydroxylation is 1. The van der Waals surface area contributed by atoms with Crippen molar-refractivity contribution in [3.8, 4) is 0 Å². The minimum Gasteiger partial charge on any atom is -0.331 e. The molecule has 0 atom stereocenters. The molecule has 2 rings (SSSR count). The molecule has 0 aliphatic carbocycles. The molecule has 0 saturated carbocycles. The van der Waals surface area contributed by atoms with E-state index in [1.54, 1.807) is 16.8 Å². The summed E-state index contributed by atoms with van der Waals surface area (Å²) < 4.78 is 1.62. The van der Waals surface area contributed by atoms with Crippen LogP contribution < -0.4 is 5.32 Å². The lowest BCUT2D eigenvalue weighted by Gasteiger charge is -2.07. The average molecular weight is 252 g/mol. The molecule has 1 heterocycles. The third-order valence-corrected chi connectivity index (χ3v) is 2.57. The van der Waals surface area contributed by atoms with Crippen molar-refractivity contribution in [1.82, 2.24) is 9.78 Å². The molecule has 16 heavy (non-hydrogen) atoms. The first-order chi connectivity index (χ1) is 7.65. The van der Waals surface area contributed by atoms with Gasteiger partial charge in [0.2, 0.25) is 0 Å². The lowest BCUT2D eigenvalue weighted by molar-refractivity contribution is 0.923. The van der Waals surface area contributed by atoms with Crippen molar-refractivity contribution >= 4 is 34.6 Å². The Morgan fingerprint density at radius 3 is 2.56 bits per heavy atom. The Bertz CT molecular complexity index is 504. The van der Waals surface area contributed by atoms with Crippen LogP contribution in [0.2, 0.25) is 5.02 Å². The predicted molar refractivity (Wildman–Crippen MR) is 70.0 cm³/mol. The maximum absolute atomic E-state index is 5.79. The van der Waals surface area contributed by atoms with Gasteiger partial charge in [-0.2, -0.15) is 5.10 Å². The SMILES string of the molecule is Cc1ccn(C(=S)Nc2ccc(Cl)cc2)n1. The minimum absolute atomic E-state index is 0.537. The van der Waals surface area contributed by atoms with Gasteiger partial charge < -0.3 is 5.32 Å². The van der Waals surface area contributed by atoms with E-state index < -0.39 is 0 Å². The molecule has 2 aromatic rings. The summed E-state index contributed by atoms with van der Waals surface area (Å²) in [5, 5.41) is 8.52. The number of halogens is 1. The van der Waals surface area contributed by atoms with Gasteiger partial charge in [0.25, 0.3) is 0 Å². The molecule has 1 aromatic carbocycles. The molecule has 0 radical (unpaired) electrons. The Labute approximate surface area is 104 Å². The zero-order valence-electron chi connectivity index (χ0n) is 8.64. The highest BCUT2D eigenvalue weighted by atomic mass is 35.5. The standard InChI is InChI=1S/C11H10ClN3S/c1-8-6-7-15(14-8)11(16)13-10-4-2-9(12)3-5-10/h2-7H,1H3,(H,13,16). The van der Waals surface area contributed by atoms with E-state index in [0.29, 0.717) is 10.1 Å². The van der Waals surface area contributed by atoms with E-state index in [2.05, 4.69) is 10.4 Å². The van der Waals surface area contributed by atoms with Crippen LogP contribution in [-0.4, -0.2) is 14.9 Å². The zero-order valence-corrected chi connectivity index (χ0v) is 10.2. The number of hydrogen-bond donors (Lipinski definition) is 1. The summed E-state index contributed by atoms with van der Waals surface area (Å²) in [5.74, 6) is 0. The van der Waals surface area contributed by atoms with Gasteiger partial charge >= 0.3 is 0 Å². The van der Waals surface area contributed by atoms with Crippen molar-refractivity contribution in [3.05, 3.63) is 47.2 Å². The Hall–Kier alpha value is -1.39. The highest BCUT2D eigenvalue weighted by molar-refractivity contribution is 7.80. The normalized spacial score (nSPS) is 10.1. The maximum Gasteiger partial charge on any atom is 0.198 e. The second-order valence-electron chi connectivity index (χ2n) is 3.34. The van der Waals surface area contributed by atoms with Crippen LogP contribution in [0.5, 0.6) is 0 Å². The molecule has 0 saturated heterocycles. The summed E-state index contributed by atoms with van der Waals surface area (Å²) in [6.07, 6.45) is 1.82. The van der Waals surface area contributed by atoms with Crippen molar-refractivity contribution < 1.29 is 0 Å². The summed E-state index contributed by atoms with van der Waals surface area (Å²) in [7, 11) is 0. The highest BCUT2D eigenvalue weighted by Gasteiger charge is 2.01. The number of rotatable bonds is 1. The molecule has 0 aliphatic heterocycles. The Morgan fingerprint density at radius 1 is 1.31 bits per heavy atom. The number of aromatic nitrogens is 2. The minimum atomic E-state index is 0.537. The van der Waals surface area contributed by atoms with Crippen LogP contribution in [0.1, 0.15) is 5.69 Å². The van der Waals surface area contributed by atoms with Gasteiger partial charge in [-0.1, -0.05) is 11.6 Å². The summed E-state index contributed by atoms with van der Waals surface area (Å²) in [6, 6.07) is 9.24. The van der Waals surface area contributed by atoms with Crippen LogP contribution in [0, 0.1) is 6.92 Å². The van der Waals surface area contributed by atoms with Gasteiger partial charge in [0.1, 0.15) is 0 Å². The second kappa shape index (κ2) is 4.63. The lowest BCUT2D eigenvalue weighted by atomic mass is 10.3. The quantitative estimate of drug-likeness (QED) is 0.790. The molecule has 0 amide bonds. The van der Waals surface area contributed by atoms with Crippen LogP contribution in [-0.2, 0) is 0 Å². The van der Waals surface area contributed by atoms with Gasteiger partial charge in [-0.25, -0.2) is 4.68 Å². The highest BCUT2D eigenvalue weighted by Crippen LogP contribution is 2.13. The fraction of sp³-hybridized carbons (Fsp3) is 0.0909. The van der Waals surface area contributed by atoms with Crippen molar-refractivity contribution in [2.75, 3.05) is 5.32 Å². The largest absolute Gasteiger partial charge is 0.331 e. The van der Waals surface area contributed by atoms with Crippen LogP contribution >= 0.6 is 23.8 Å². The van der Waals surface area contributed by atoms with Gasteiger partial charge in [-0.05, 0) is 49.5 Å². The summed E-state index contributed by atoms with van der Waals surface area (Å²) in [6.45, 7) is 1.92. The van der Waals surface area contributed by atoms with Gasteiger partial charge in [0.15, 0.2) is 5.11 Å². The fourth-order valence-electron chi connectivity index (χ4n) is 1.24. The molecule has 0 bridgehead atoms. The number of hydrogen-bond acceptors (Lipinski definition) is 2. The van der Waals surface area contributed by atoms with E-state index in [4.69, 9.17) is 23.8 Å². The third kappa shape index (κ3) is 2.59. The first-order valence-corrected chi connectivity index (χ1v) is 5.53. The van der Waals surface area contributed by atoms with E-state index >= 15 is 0 Å². The number of nitrogens with zero attached hydrogens (tertiary/aromatic N) is 2. The molecular weight excluding hydrogens is 242 g/mol. The Morgan fingerprint density at radius 2 is 2.00 bits per heavy atom. The van der Waals surface area contributed by atoms with E-state index in [-0.39, 0.29) is 0 Å². The van der Waals surface area contributed by atoms with Crippen LogP contribution in [0.25, 0.3) is 0 Å². The van der Waals surface area contributed by atoms with Gasteiger partial charge in [0.05, 0.1) is 5.69 Å². The Balaban J connectivity index is 2.10. The molecule has 0 fully saturated rings. The number of thiocarbonyl (C=S) groups is 1. The van der Waals surface area contributed by atoms with E-state index in [1.807, 2.05) is 31.3 Å². The molecule has 1 N–H and O–H groups in total. The molecule has 82 valence electrons. The molecule has 1 aromatic heterocycles. The van der Waals surface area contributed by atoms with E-state index in [0.717, 1.165) is 11.4 Å². The number of anilines is 1. The summed E-state index contributed by atoms with van der Waals surface area (Å²) in [4.78, 5) is 0. The van der Waals surface area contributed by atoms with Gasteiger partial charge in [0, 0.05) is 16.9 Å². The first-order valence-electron chi connectivity index (χ1n) is 4.74. The predicted octanol–water partition coefficient (Wildman–Crippen LogP) is 3.09. The van der Waals surface area contributed by atoms with Crippen molar-refractivity contribution in [2.45, 2.75) is 6.92 Å². The van der Waals surface area contributed by atoms with Gasteiger partial charge in [-0.3, -0.25) is 0 Å². The summed E-state index contributed by atoms with van der Waals surface area (Å²) >= 11 is 11.0. The van der Waals surface area contributed by atoms with E-state index in [9.17, 15) is 0 Å². The van der Waals surface area contributed by atoms with Gasteiger partial charge in [-0.15, -0.1) is 0 Å². The van der Waals surface area contributed by atoms with E-state index in [1.165, 1.54) is 0 Å². The number of nitrogens with one attached hydrogen (secondary N) is 1. The topological polar surface area (TPSA) is 29.9 Å². The first kappa shape index (κ1) is 11.1. The Kier molecular flexibility index (Phi) is 3.22. The summed E-state index contributed by atoms with van der Waals surface area (Å²) in [5.41, 5.74) is 1.82. The lowest BCUT2D eigenvalue weighted by Crippen LogP contribution is -2.19. The van der Waals surface area contributed by atoms with Crippen LogP contribution in [0.4, 0.5) is 5.69 Å². The third-order valence-electron chi connectivity index (χ3n) is 2.03. The monoisotopic (exact) mass is 251 g/mol. The molecule has 5 heteroatoms. The smallest absolute Gasteiger partial charge is 0.198 e. The molecular formula is C11H10ClN3S. The molecule has 0 unspecified atom stereocenters. The maximum atomic E-state index is 5.79. The number of benzene rings is 1. The fourth-order valence-corrected chi connectivity index (χ4v) is 1.59. The molecule has 0 spiro atoms. The zero-order chi connectivity index (χ0) is 11.5. The van der Waals surface area contributed by atoms with Crippen LogP contribution in [0.15, 0.2) is 36.5 Å². The van der Waals surface area contributed by atoms with Crippen molar-refractivity contribution in [1.29, 1.82) is 0 Å².